The number of furan rings is 1. The Balaban J connectivity index is 1.99. The van der Waals surface area contributed by atoms with Crippen LogP contribution in [0.1, 0.15) is 38.4 Å². The molecule has 0 N–H and O–H groups in total. The Bertz CT molecular complexity index is 355. The average molecular weight is 251 g/mol. The Labute approximate surface area is 108 Å². The number of nitrogens with zero attached hydrogens (tertiary/aromatic N) is 1. The molecule has 1 aliphatic rings. The second-order valence-electron chi connectivity index (χ2n) is 4.68. The van der Waals surface area contributed by atoms with E-state index in [0.29, 0.717) is 19.2 Å². The molecule has 100 valence electrons. The maximum atomic E-state index is 12.2. The number of ether oxygens (including phenoxy) is 1. The van der Waals surface area contributed by atoms with Crippen molar-refractivity contribution in [3.05, 3.63) is 24.2 Å². The predicted octanol–water partition coefficient (Wildman–Crippen LogP) is 2.59. The van der Waals surface area contributed by atoms with Crippen LogP contribution in [0.4, 0.5) is 0 Å². The third-order valence-corrected chi connectivity index (χ3v) is 3.42. The van der Waals surface area contributed by atoms with E-state index in [-0.39, 0.29) is 12.5 Å². The van der Waals surface area contributed by atoms with Crippen LogP contribution in [0.3, 0.4) is 0 Å². The van der Waals surface area contributed by atoms with Gasteiger partial charge in [0, 0.05) is 12.6 Å². The highest BCUT2D eigenvalue weighted by Crippen LogP contribution is 2.25. The number of hydrogen-bond donors (Lipinski definition) is 0. The lowest BCUT2D eigenvalue weighted by Crippen LogP contribution is -2.40. The minimum absolute atomic E-state index is 0.0696. The Morgan fingerprint density at radius 3 is 2.89 bits per heavy atom. The van der Waals surface area contributed by atoms with Gasteiger partial charge in [0.15, 0.2) is 0 Å². The number of carbonyl (C=O) groups is 1. The van der Waals surface area contributed by atoms with E-state index in [1.54, 1.807) is 6.26 Å². The molecule has 4 nitrogen and oxygen atoms in total. The molecule has 4 heteroatoms. The summed E-state index contributed by atoms with van der Waals surface area (Å²) < 4.78 is 10.6. The molecule has 0 spiro atoms. The molecule has 0 aromatic carbocycles. The first kappa shape index (κ1) is 13.1. The van der Waals surface area contributed by atoms with Crippen molar-refractivity contribution < 1.29 is 13.9 Å². The van der Waals surface area contributed by atoms with Crippen LogP contribution in [0, 0.1) is 0 Å². The zero-order valence-corrected chi connectivity index (χ0v) is 10.9. The summed E-state index contributed by atoms with van der Waals surface area (Å²) in [7, 11) is 0. The predicted molar refractivity (Wildman–Crippen MR) is 68.0 cm³/mol. The molecule has 0 radical (unpaired) electrons. The molecule has 1 heterocycles. The van der Waals surface area contributed by atoms with Crippen molar-refractivity contribution in [2.75, 3.05) is 13.2 Å². The summed E-state index contributed by atoms with van der Waals surface area (Å²) in [5.74, 6) is 0.909. The van der Waals surface area contributed by atoms with Gasteiger partial charge in [0.25, 0.3) is 0 Å². The Morgan fingerprint density at radius 2 is 2.28 bits per heavy atom. The summed E-state index contributed by atoms with van der Waals surface area (Å²) >= 11 is 0. The number of amides is 1. The van der Waals surface area contributed by atoms with Crippen LogP contribution in [0.5, 0.6) is 0 Å². The molecule has 18 heavy (non-hydrogen) atoms. The van der Waals surface area contributed by atoms with Crippen LogP contribution in [-0.2, 0) is 16.1 Å². The number of hydrogen-bond acceptors (Lipinski definition) is 3. The van der Waals surface area contributed by atoms with Crippen LogP contribution < -0.4 is 0 Å². The standard InChI is InChI=1S/C14H21NO3/c1-2-17-11-14(16)15(12-6-3-4-7-12)10-13-8-5-9-18-13/h5,8-9,12H,2-4,6-7,10-11H2,1H3. The van der Waals surface area contributed by atoms with Gasteiger partial charge >= 0.3 is 0 Å². The van der Waals surface area contributed by atoms with Gasteiger partial charge in [0.1, 0.15) is 12.4 Å². The minimum Gasteiger partial charge on any atom is -0.467 e. The van der Waals surface area contributed by atoms with E-state index in [9.17, 15) is 4.79 Å². The first-order valence-corrected chi connectivity index (χ1v) is 6.71. The number of carbonyl (C=O) groups excluding carboxylic acids is 1. The Kier molecular flexibility index (Phi) is 4.81. The van der Waals surface area contributed by atoms with Gasteiger partial charge in [0.05, 0.1) is 12.8 Å². The van der Waals surface area contributed by atoms with Gasteiger partial charge in [0.2, 0.25) is 5.91 Å². The van der Waals surface area contributed by atoms with Crippen LogP contribution in [-0.4, -0.2) is 30.1 Å². The van der Waals surface area contributed by atoms with E-state index in [4.69, 9.17) is 9.15 Å². The minimum atomic E-state index is 0.0696. The van der Waals surface area contributed by atoms with E-state index >= 15 is 0 Å². The summed E-state index contributed by atoms with van der Waals surface area (Å²) in [4.78, 5) is 14.1. The second kappa shape index (κ2) is 6.59. The average Bonchev–Trinajstić information content (AvgIpc) is 3.05. The third-order valence-electron chi connectivity index (χ3n) is 3.42. The zero-order valence-electron chi connectivity index (χ0n) is 10.9. The molecule has 1 aromatic rings. The first-order valence-electron chi connectivity index (χ1n) is 6.71. The van der Waals surface area contributed by atoms with E-state index in [2.05, 4.69) is 0 Å². The molecule has 1 aliphatic carbocycles. The molecule has 1 amide bonds. The van der Waals surface area contributed by atoms with Gasteiger partial charge in [-0.3, -0.25) is 4.79 Å². The van der Waals surface area contributed by atoms with E-state index < -0.39 is 0 Å². The van der Waals surface area contributed by atoms with Gasteiger partial charge in [-0.1, -0.05) is 12.8 Å². The van der Waals surface area contributed by atoms with Gasteiger partial charge in [-0.25, -0.2) is 0 Å². The molecule has 2 rings (SSSR count). The summed E-state index contributed by atoms with van der Waals surface area (Å²) in [6.45, 7) is 3.21. The second-order valence-corrected chi connectivity index (χ2v) is 4.68. The van der Waals surface area contributed by atoms with Crippen molar-refractivity contribution in [3.63, 3.8) is 0 Å². The van der Waals surface area contributed by atoms with E-state index in [1.165, 1.54) is 12.8 Å². The van der Waals surface area contributed by atoms with Crippen molar-refractivity contribution in [2.45, 2.75) is 45.2 Å². The Hall–Kier alpha value is -1.29. The van der Waals surface area contributed by atoms with E-state index in [0.717, 1.165) is 18.6 Å². The van der Waals surface area contributed by atoms with Crippen molar-refractivity contribution in [1.29, 1.82) is 0 Å². The summed E-state index contributed by atoms with van der Waals surface area (Å²) in [6, 6.07) is 4.12. The highest BCUT2D eigenvalue weighted by Gasteiger charge is 2.27. The maximum Gasteiger partial charge on any atom is 0.249 e. The van der Waals surface area contributed by atoms with Gasteiger partial charge in [-0.2, -0.15) is 0 Å². The van der Waals surface area contributed by atoms with Crippen molar-refractivity contribution >= 4 is 5.91 Å². The summed E-state index contributed by atoms with van der Waals surface area (Å²) in [5.41, 5.74) is 0. The summed E-state index contributed by atoms with van der Waals surface area (Å²) in [5, 5.41) is 0. The SMILES string of the molecule is CCOCC(=O)N(Cc1ccco1)C1CCCC1. The third kappa shape index (κ3) is 3.35. The fourth-order valence-electron chi connectivity index (χ4n) is 2.48. The van der Waals surface area contributed by atoms with Gasteiger partial charge < -0.3 is 14.1 Å². The molecule has 0 unspecified atom stereocenters. The Morgan fingerprint density at radius 1 is 1.50 bits per heavy atom. The quantitative estimate of drug-likeness (QED) is 0.780. The fourth-order valence-corrected chi connectivity index (χ4v) is 2.48. The lowest BCUT2D eigenvalue weighted by Gasteiger charge is -2.28. The molecule has 0 aliphatic heterocycles. The largest absolute Gasteiger partial charge is 0.467 e. The molecule has 0 bridgehead atoms. The fraction of sp³-hybridized carbons (Fsp3) is 0.643. The van der Waals surface area contributed by atoms with Crippen LogP contribution >= 0.6 is 0 Å². The zero-order chi connectivity index (χ0) is 12.8. The molecule has 1 aromatic heterocycles. The van der Waals surface area contributed by atoms with Gasteiger partial charge in [-0.15, -0.1) is 0 Å². The first-order chi connectivity index (χ1) is 8.81. The maximum absolute atomic E-state index is 12.2. The molecular weight excluding hydrogens is 230 g/mol. The molecular formula is C14H21NO3. The van der Waals surface area contributed by atoms with Crippen LogP contribution in [0.25, 0.3) is 0 Å². The number of rotatable bonds is 6. The topological polar surface area (TPSA) is 42.7 Å². The van der Waals surface area contributed by atoms with E-state index in [1.807, 2.05) is 24.0 Å². The highest BCUT2D eigenvalue weighted by atomic mass is 16.5. The lowest BCUT2D eigenvalue weighted by atomic mass is 10.2. The summed E-state index contributed by atoms with van der Waals surface area (Å²) in [6.07, 6.45) is 6.26. The van der Waals surface area contributed by atoms with Crippen molar-refractivity contribution in [3.8, 4) is 0 Å². The normalized spacial score (nSPS) is 16.1. The molecule has 1 fully saturated rings. The molecule has 0 atom stereocenters. The van der Waals surface area contributed by atoms with Crippen molar-refractivity contribution in [2.24, 2.45) is 0 Å². The smallest absolute Gasteiger partial charge is 0.249 e. The molecule has 1 saturated carbocycles. The van der Waals surface area contributed by atoms with Gasteiger partial charge in [-0.05, 0) is 31.9 Å². The lowest BCUT2D eigenvalue weighted by molar-refractivity contribution is -0.139. The van der Waals surface area contributed by atoms with Crippen LogP contribution in [0.15, 0.2) is 22.8 Å². The molecule has 0 saturated heterocycles. The highest BCUT2D eigenvalue weighted by molar-refractivity contribution is 5.77. The monoisotopic (exact) mass is 251 g/mol. The van der Waals surface area contributed by atoms with Crippen molar-refractivity contribution in [1.82, 2.24) is 4.90 Å². The van der Waals surface area contributed by atoms with Crippen LogP contribution in [0.2, 0.25) is 0 Å².